The Morgan fingerprint density at radius 2 is 1.88 bits per heavy atom. The summed E-state index contributed by atoms with van der Waals surface area (Å²) >= 11 is 5.93. The number of hydrogen-bond donors (Lipinski definition) is 1. The number of anilines is 1. The van der Waals surface area contributed by atoms with Gasteiger partial charge in [-0.15, -0.1) is 0 Å². The van der Waals surface area contributed by atoms with Crippen LogP contribution in [0.15, 0.2) is 53.7 Å². The second kappa shape index (κ2) is 8.72. The first-order chi connectivity index (χ1) is 12.3. The summed E-state index contributed by atoms with van der Waals surface area (Å²) in [6.07, 6.45) is 2.79. The summed E-state index contributed by atoms with van der Waals surface area (Å²) in [5.74, 6) is 2.02. The molecule has 3 rings (SSSR count). The number of aliphatic imine (C=N–C) groups is 1. The molecule has 0 unspecified atom stereocenters. The molecule has 1 aliphatic heterocycles. The normalized spacial score (nSPS) is 15.4. The van der Waals surface area contributed by atoms with Gasteiger partial charge in [-0.3, -0.25) is 4.99 Å². The van der Waals surface area contributed by atoms with Gasteiger partial charge in [0.2, 0.25) is 0 Å². The van der Waals surface area contributed by atoms with Crippen molar-refractivity contribution in [1.82, 2.24) is 15.2 Å². The van der Waals surface area contributed by atoms with Gasteiger partial charge in [-0.1, -0.05) is 29.8 Å². The fourth-order valence-electron chi connectivity index (χ4n) is 2.99. The molecule has 1 N–H and O–H groups in total. The molecule has 1 fully saturated rings. The lowest BCUT2D eigenvalue weighted by Gasteiger charge is -2.37. The quantitative estimate of drug-likeness (QED) is 0.675. The van der Waals surface area contributed by atoms with E-state index in [9.17, 15) is 0 Å². The Balaban J connectivity index is 1.47. The first-order valence-corrected chi connectivity index (χ1v) is 9.00. The van der Waals surface area contributed by atoms with Gasteiger partial charge in [0.25, 0.3) is 0 Å². The Labute approximate surface area is 154 Å². The molecule has 0 radical (unpaired) electrons. The average molecular weight is 358 g/mol. The van der Waals surface area contributed by atoms with Crippen LogP contribution in [0.2, 0.25) is 5.02 Å². The number of nitrogens with one attached hydrogen (secondary N) is 1. The van der Waals surface area contributed by atoms with Crippen molar-refractivity contribution in [1.29, 1.82) is 0 Å². The number of hydrogen-bond acceptors (Lipinski definition) is 3. The van der Waals surface area contributed by atoms with Gasteiger partial charge in [-0.05, 0) is 36.2 Å². The van der Waals surface area contributed by atoms with Crippen LogP contribution in [-0.2, 0) is 6.42 Å². The summed E-state index contributed by atoms with van der Waals surface area (Å²) in [7, 11) is 1.84. The lowest BCUT2D eigenvalue weighted by atomic mass is 10.1. The number of pyridine rings is 1. The summed E-state index contributed by atoms with van der Waals surface area (Å²) in [5, 5.41) is 4.24. The molecule has 0 amide bonds. The van der Waals surface area contributed by atoms with Gasteiger partial charge in [0.1, 0.15) is 5.82 Å². The molecule has 5 nitrogen and oxygen atoms in total. The molecule has 6 heteroatoms. The van der Waals surface area contributed by atoms with Crippen LogP contribution >= 0.6 is 11.6 Å². The molecule has 0 aliphatic carbocycles. The van der Waals surface area contributed by atoms with E-state index in [-0.39, 0.29) is 0 Å². The summed E-state index contributed by atoms with van der Waals surface area (Å²) in [6, 6.07) is 14.1. The molecule has 1 aromatic carbocycles. The number of nitrogens with zero attached hydrogens (tertiary/aromatic N) is 4. The molecule has 0 saturated carbocycles. The number of halogens is 1. The van der Waals surface area contributed by atoms with Crippen molar-refractivity contribution in [2.75, 3.05) is 44.7 Å². The Kier molecular flexibility index (Phi) is 6.12. The van der Waals surface area contributed by atoms with Crippen LogP contribution in [0, 0.1) is 0 Å². The van der Waals surface area contributed by atoms with Gasteiger partial charge < -0.3 is 15.1 Å². The van der Waals surface area contributed by atoms with Crippen molar-refractivity contribution >= 4 is 23.4 Å². The van der Waals surface area contributed by atoms with E-state index in [4.69, 9.17) is 11.6 Å². The Morgan fingerprint density at radius 1 is 1.12 bits per heavy atom. The second-order valence-electron chi connectivity index (χ2n) is 6.01. The van der Waals surface area contributed by atoms with Crippen LogP contribution in [0.5, 0.6) is 0 Å². The molecule has 0 spiro atoms. The molecule has 1 aliphatic rings. The molecule has 2 heterocycles. The van der Waals surface area contributed by atoms with Crippen LogP contribution in [0.25, 0.3) is 0 Å². The van der Waals surface area contributed by atoms with E-state index in [0.717, 1.165) is 55.9 Å². The van der Waals surface area contributed by atoms with Gasteiger partial charge in [-0.2, -0.15) is 0 Å². The minimum absolute atomic E-state index is 0.776. The fourth-order valence-corrected chi connectivity index (χ4v) is 3.12. The highest BCUT2D eigenvalue weighted by atomic mass is 35.5. The van der Waals surface area contributed by atoms with Crippen molar-refractivity contribution in [3.05, 3.63) is 59.2 Å². The van der Waals surface area contributed by atoms with Crippen LogP contribution in [0.1, 0.15) is 5.56 Å². The van der Waals surface area contributed by atoms with Crippen LogP contribution < -0.4 is 10.2 Å². The van der Waals surface area contributed by atoms with E-state index in [2.05, 4.69) is 43.3 Å². The molecular weight excluding hydrogens is 334 g/mol. The lowest BCUT2D eigenvalue weighted by molar-refractivity contribution is 0.372. The maximum absolute atomic E-state index is 5.93. The largest absolute Gasteiger partial charge is 0.356 e. The van der Waals surface area contributed by atoms with Gasteiger partial charge in [0, 0.05) is 51.0 Å². The van der Waals surface area contributed by atoms with Gasteiger partial charge in [0.05, 0.1) is 0 Å². The molecule has 2 aromatic rings. The zero-order chi connectivity index (χ0) is 17.5. The highest BCUT2D eigenvalue weighted by molar-refractivity contribution is 6.30. The Bertz CT molecular complexity index is 679. The van der Waals surface area contributed by atoms with Crippen molar-refractivity contribution in [3.63, 3.8) is 0 Å². The number of guanidine groups is 1. The standard InChI is InChI=1S/C19H24ClN5/c1-21-19(23-11-9-16-5-7-17(20)8-6-16)25-14-12-24(13-15-25)18-4-2-3-10-22-18/h2-8,10H,9,11-15H2,1H3,(H,21,23). The molecule has 0 atom stereocenters. The van der Waals surface area contributed by atoms with E-state index in [1.807, 2.05) is 37.5 Å². The zero-order valence-electron chi connectivity index (χ0n) is 14.5. The summed E-state index contributed by atoms with van der Waals surface area (Å²) in [5.41, 5.74) is 1.27. The summed E-state index contributed by atoms with van der Waals surface area (Å²) in [4.78, 5) is 13.5. The fraction of sp³-hybridized carbons (Fsp3) is 0.368. The van der Waals surface area contributed by atoms with Crippen molar-refractivity contribution < 1.29 is 0 Å². The zero-order valence-corrected chi connectivity index (χ0v) is 15.3. The highest BCUT2D eigenvalue weighted by Crippen LogP contribution is 2.13. The van der Waals surface area contributed by atoms with E-state index in [1.165, 1.54) is 5.56 Å². The van der Waals surface area contributed by atoms with Crippen LogP contribution in [0.3, 0.4) is 0 Å². The molecule has 1 aromatic heterocycles. The topological polar surface area (TPSA) is 43.8 Å². The first kappa shape index (κ1) is 17.5. The van der Waals surface area contributed by atoms with E-state index < -0.39 is 0 Å². The lowest BCUT2D eigenvalue weighted by Crippen LogP contribution is -2.53. The molecule has 0 bridgehead atoms. The monoisotopic (exact) mass is 357 g/mol. The van der Waals surface area contributed by atoms with Crippen LogP contribution in [-0.4, -0.2) is 55.6 Å². The number of benzene rings is 1. The number of aromatic nitrogens is 1. The van der Waals surface area contributed by atoms with E-state index in [1.54, 1.807) is 0 Å². The summed E-state index contributed by atoms with van der Waals surface area (Å²) < 4.78 is 0. The van der Waals surface area contributed by atoms with Gasteiger partial charge in [-0.25, -0.2) is 4.98 Å². The predicted octanol–water partition coefficient (Wildman–Crippen LogP) is 2.68. The first-order valence-electron chi connectivity index (χ1n) is 8.62. The molecule has 25 heavy (non-hydrogen) atoms. The van der Waals surface area contributed by atoms with E-state index >= 15 is 0 Å². The van der Waals surface area contributed by atoms with Crippen molar-refractivity contribution in [2.45, 2.75) is 6.42 Å². The van der Waals surface area contributed by atoms with E-state index in [0.29, 0.717) is 0 Å². The smallest absolute Gasteiger partial charge is 0.193 e. The van der Waals surface area contributed by atoms with Crippen LogP contribution in [0.4, 0.5) is 5.82 Å². The number of piperazine rings is 1. The number of rotatable bonds is 4. The summed E-state index contributed by atoms with van der Waals surface area (Å²) in [6.45, 7) is 4.65. The molecule has 1 saturated heterocycles. The SMILES string of the molecule is CN=C(NCCc1ccc(Cl)cc1)N1CCN(c2ccccn2)CC1. The predicted molar refractivity (Wildman–Crippen MR) is 105 cm³/mol. The maximum atomic E-state index is 5.93. The maximum Gasteiger partial charge on any atom is 0.193 e. The van der Waals surface area contributed by atoms with Crippen molar-refractivity contribution in [3.8, 4) is 0 Å². The third kappa shape index (κ3) is 4.86. The minimum Gasteiger partial charge on any atom is -0.356 e. The third-order valence-corrected chi connectivity index (χ3v) is 4.63. The Morgan fingerprint density at radius 3 is 2.52 bits per heavy atom. The van der Waals surface area contributed by atoms with Gasteiger partial charge >= 0.3 is 0 Å². The van der Waals surface area contributed by atoms with Crippen molar-refractivity contribution in [2.24, 2.45) is 4.99 Å². The average Bonchev–Trinajstić information content (AvgIpc) is 2.68. The highest BCUT2D eigenvalue weighted by Gasteiger charge is 2.20. The second-order valence-corrected chi connectivity index (χ2v) is 6.45. The molecule has 132 valence electrons. The minimum atomic E-state index is 0.776. The third-order valence-electron chi connectivity index (χ3n) is 4.37. The molecular formula is C19H24ClN5. The Hall–Kier alpha value is -2.27. The van der Waals surface area contributed by atoms with Gasteiger partial charge in [0.15, 0.2) is 5.96 Å².